The molecule has 1 heterocycles. The molecule has 3 rings (SSSR count). The van der Waals surface area contributed by atoms with Gasteiger partial charge in [0.1, 0.15) is 5.75 Å². The minimum atomic E-state index is -3.27. The molecule has 2 aromatic rings. The Labute approximate surface area is 153 Å². The van der Waals surface area contributed by atoms with Crippen molar-refractivity contribution in [3.05, 3.63) is 71.1 Å². The molecule has 6 heteroatoms. The Bertz CT molecular complexity index is 933. The molecule has 0 aromatic heterocycles. The molecule has 1 amide bonds. The lowest BCUT2D eigenvalue weighted by Gasteiger charge is -2.28. The number of ether oxygens (including phenoxy) is 1. The highest BCUT2D eigenvalue weighted by molar-refractivity contribution is 7.94. The summed E-state index contributed by atoms with van der Waals surface area (Å²) in [5.74, 6) is 0.431. The van der Waals surface area contributed by atoms with Gasteiger partial charge in [-0.3, -0.25) is 4.79 Å². The summed E-state index contributed by atoms with van der Waals surface area (Å²) >= 11 is 0. The van der Waals surface area contributed by atoms with Crippen molar-refractivity contribution in [2.45, 2.75) is 19.4 Å². The van der Waals surface area contributed by atoms with Crippen molar-refractivity contribution >= 4 is 21.4 Å². The Morgan fingerprint density at radius 1 is 1.19 bits per heavy atom. The normalized spacial score (nSPS) is 17.8. The van der Waals surface area contributed by atoms with Crippen molar-refractivity contribution < 1.29 is 17.9 Å². The zero-order valence-corrected chi connectivity index (χ0v) is 15.6. The number of rotatable bonds is 5. The van der Waals surface area contributed by atoms with Crippen LogP contribution in [0.4, 0.5) is 5.69 Å². The van der Waals surface area contributed by atoms with Gasteiger partial charge in [-0.05, 0) is 42.8 Å². The van der Waals surface area contributed by atoms with Crippen molar-refractivity contribution in [1.29, 1.82) is 0 Å². The summed E-state index contributed by atoms with van der Waals surface area (Å²) in [5, 5.41) is 1.19. The molecule has 2 aromatic carbocycles. The molecule has 5 nitrogen and oxygen atoms in total. The quantitative estimate of drug-likeness (QED) is 0.811. The number of hydrogen-bond acceptors (Lipinski definition) is 4. The van der Waals surface area contributed by atoms with E-state index in [1.54, 1.807) is 42.4 Å². The average molecular weight is 371 g/mol. The van der Waals surface area contributed by atoms with Crippen LogP contribution in [0.1, 0.15) is 11.1 Å². The first kappa shape index (κ1) is 18.2. The van der Waals surface area contributed by atoms with Gasteiger partial charge in [0, 0.05) is 11.1 Å². The minimum Gasteiger partial charge on any atom is -0.497 e. The number of amides is 1. The molecule has 0 N–H and O–H groups in total. The van der Waals surface area contributed by atoms with E-state index in [9.17, 15) is 13.2 Å². The lowest BCUT2D eigenvalue weighted by atomic mass is 10.1. The zero-order valence-electron chi connectivity index (χ0n) is 14.8. The summed E-state index contributed by atoms with van der Waals surface area (Å²) in [6.07, 6.45) is 1.78. The number of methoxy groups -OCH3 is 1. The fraction of sp³-hybridized carbons (Fsp3) is 0.250. The maximum atomic E-state index is 13.0. The lowest BCUT2D eigenvalue weighted by molar-refractivity contribution is -0.118. The predicted molar refractivity (Wildman–Crippen MR) is 102 cm³/mol. The van der Waals surface area contributed by atoms with Crippen LogP contribution in [0.5, 0.6) is 5.75 Å². The smallest absolute Gasteiger partial charge is 0.231 e. The Balaban J connectivity index is 1.91. The number of anilines is 1. The van der Waals surface area contributed by atoms with Crippen molar-refractivity contribution in [3.8, 4) is 5.75 Å². The Morgan fingerprint density at radius 3 is 2.50 bits per heavy atom. The molecule has 0 radical (unpaired) electrons. The predicted octanol–water partition coefficient (Wildman–Crippen LogP) is 2.89. The van der Waals surface area contributed by atoms with Gasteiger partial charge in [-0.1, -0.05) is 29.8 Å². The first-order valence-electron chi connectivity index (χ1n) is 8.30. The van der Waals surface area contributed by atoms with E-state index in [0.29, 0.717) is 11.4 Å². The van der Waals surface area contributed by atoms with Gasteiger partial charge in [-0.25, -0.2) is 8.42 Å². The third-order valence-corrected chi connectivity index (χ3v) is 5.68. The number of hydrogen-bond donors (Lipinski definition) is 0. The number of benzene rings is 2. The molecule has 0 unspecified atom stereocenters. The lowest BCUT2D eigenvalue weighted by Crippen LogP contribution is -2.42. The highest BCUT2D eigenvalue weighted by Gasteiger charge is 2.31. The molecule has 26 heavy (non-hydrogen) atoms. The van der Waals surface area contributed by atoms with Gasteiger partial charge in [-0.2, -0.15) is 0 Å². The monoisotopic (exact) mass is 371 g/mol. The van der Waals surface area contributed by atoms with Crippen LogP contribution in [0.15, 0.2) is 60.0 Å². The van der Waals surface area contributed by atoms with E-state index in [-0.39, 0.29) is 18.1 Å². The Kier molecular flexibility index (Phi) is 5.13. The molecule has 1 atom stereocenters. The van der Waals surface area contributed by atoms with Crippen LogP contribution in [0, 0.1) is 6.92 Å². The van der Waals surface area contributed by atoms with Crippen LogP contribution < -0.4 is 9.64 Å². The average Bonchev–Trinajstić information content (AvgIpc) is 2.95. The second kappa shape index (κ2) is 7.33. The molecule has 0 spiro atoms. The van der Waals surface area contributed by atoms with E-state index in [2.05, 4.69) is 0 Å². The van der Waals surface area contributed by atoms with Crippen molar-refractivity contribution in [3.63, 3.8) is 0 Å². The molecular weight excluding hydrogens is 350 g/mol. The zero-order chi connectivity index (χ0) is 18.7. The number of nitrogens with zero attached hydrogens (tertiary/aromatic N) is 1. The second-order valence-corrected chi connectivity index (χ2v) is 8.28. The summed E-state index contributed by atoms with van der Waals surface area (Å²) in [4.78, 5) is 14.6. The van der Waals surface area contributed by atoms with Gasteiger partial charge in [-0.15, -0.1) is 0 Å². The van der Waals surface area contributed by atoms with Crippen LogP contribution in [0.3, 0.4) is 0 Å². The molecule has 0 saturated carbocycles. The highest BCUT2D eigenvalue weighted by Crippen LogP contribution is 2.26. The van der Waals surface area contributed by atoms with Crippen LogP contribution >= 0.6 is 0 Å². The molecule has 0 saturated heterocycles. The van der Waals surface area contributed by atoms with E-state index >= 15 is 0 Å². The van der Waals surface area contributed by atoms with Gasteiger partial charge in [0.25, 0.3) is 0 Å². The SMILES string of the molecule is COc1ccc(N(C(=O)Cc2cccc(C)c2)[C@H]2C=CS(=O)(=O)C2)cc1. The standard InChI is InChI=1S/C20H21NO4S/c1-15-4-3-5-16(12-15)13-20(22)21(18-10-11-26(23,24)14-18)17-6-8-19(25-2)9-7-17/h3-12,18H,13-14H2,1-2H3/t18-/m0/s1. The number of carbonyl (C=O) groups is 1. The van der Waals surface area contributed by atoms with Crippen LogP contribution in [0.25, 0.3) is 0 Å². The summed E-state index contributed by atoms with van der Waals surface area (Å²) in [6, 6.07) is 14.3. The van der Waals surface area contributed by atoms with Crippen LogP contribution in [-0.2, 0) is 21.1 Å². The largest absolute Gasteiger partial charge is 0.497 e. The van der Waals surface area contributed by atoms with E-state index in [1.807, 2.05) is 31.2 Å². The maximum Gasteiger partial charge on any atom is 0.231 e. The van der Waals surface area contributed by atoms with E-state index < -0.39 is 15.9 Å². The van der Waals surface area contributed by atoms with Gasteiger partial charge in [0.05, 0.1) is 25.3 Å². The molecule has 136 valence electrons. The number of aryl methyl sites for hydroxylation is 1. The molecule has 1 aliphatic heterocycles. The van der Waals surface area contributed by atoms with Crippen LogP contribution in [-0.4, -0.2) is 33.2 Å². The van der Waals surface area contributed by atoms with Crippen LogP contribution in [0.2, 0.25) is 0 Å². The Morgan fingerprint density at radius 2 is 1.92 bits per heavy atom. The first-order valence-corrected chi connectivity index (χ1v) is 10.0. The van der Waals surface area contributed by atoms with Crippen molar-refractivity contribution in [1.82, 2.24) is 0 Å². The summed E-state index contributed by atoms with van der Waals surface area (Å²) < 4.78 is 28.9. The highest BCUT2D eigenvalue weighted by atomic mass is 32.2. The van der Waals surface area contributed by atoms with Crippen molar-refractivity contribution in [2.75, 3.05) is 17.8 Å². The number of sulfone groups is 1. The summed E-state index contributed by atoms with van der Waals surface area (Å²) in [7, 11) is -1.70. The van der Waals surface area contributed by atoms with Crippen molar-refractivity contribution in [2.24, 2.45) is 0 Å². The maximum absolute atomic E-state index is 13.0. The van der Waals surface area contributed by atoms with E-state index in [0.717, 1.165) is 11.1 Å². The molecule has 0 fully saturated rings. The third-order valence-electron chi connectivity index (χ3n) is 4.30. The van der Waals surface area contributed by atoms with E-state index in [4.69, 9.17) is 4.74 Å². The van der Waals surface area contributed by atoms with E-state index in [1.165, 1.54) is 5.41 Å². The van der Waals surface area contributed by atoms with Gasteiger partial charge >= 0.3 is 0 Å². The fourth-order valence-electron chi connectivity index (χ4n) is 3.07. The molecule has 1 aliphatic rings. The van der Waals surface area contributed by atoms with Gasteiger partial charge in [0.2, 0.25) is 5.91 Å². The first-order chi connectivity index (χ1) is 12.4. The second-order valence-electron chi connectivity index (χ2n) is 6.35. The topological polar surface area (TPSA) is 63.7 Å². The molecular formula is C20H21NO4S. The Hall–Kier alpha value is -2.60. The number of carbonyl (C=O) groups excluding carboxylic acids is 1. The fourth-order valence-corrected chi connectivity index (χ4v) is 4.33. The third kappa shape index (κ3) is 4.14. The summed E-state index contributed by atoms with van der Waals surface area (Å²) in [6.45, 7) is 1.97. The minimum absolute atomic E-state index is 0.0986. The van der Waals surface area contributed by atoms with Gasteiger partial charge < -0.3 is 9.64 Å². The molecule has 0 aliphatic carbocycles. The molecule has 0 bridgehead atoms. The summed E-state index contributed by atoms with van der Waals surface area (Å²) in [5.41, 5.74) is 2.63. The van der Waals surface area contributed by atoms with Gasteiger partial charge in [0.15, 0.2) is 9.84 Å².